The van der Waals surface area contributed by atoms with Crippen molar-refractivity contribution in [3.63, 3.8) is 0 Å². The molecule has 0 heterocycles. The predicted octanol–water partition coefficient (Wildman–Crippen LogP) is 1.77. The van der Waals surface area contributed by atoms with E-state index >= 15 is 0 Å². The monoisotopic (exact) mass is 245 g/mol. The van der Waals surface area contributed by atoms with Crippen LogP contribution in [-0.2, 0) is 4.79 Å². The van der Waals surface area contributed by atoms with Gasteiger partial charge in [-0.05, 0) is 30.7 Å². The lowest BCUT2D eigenvalue weighted by atomic mass is 10.1. The van der Waals surface area contributed by atoms with Gasteiger partial charge < -0.3 is 10.0 Å². The van der Waals surface area contributed by atoms with Crippen molar-refractivity contribution in [2.75, 3.05) is 13.2 Å². The average molecular weight is 245 g/mol. The van der Waals surface area contributed by atoms with Crippen LogP contribution in [0.5, 0.6) is 0 Å². The number of aliphatic hydroxyl groups excluding tert-OH is 1. The average Bonchev–Trinajstić information content (AvgIpc) is 3.29. The molecule has 0 spiro atoms. The topological polar surface area (TPSA) is 40.5 Å². The lowest BCUT2D eigenvalue weighted by molar-refractivity contribution is -0.133. The minimum absolute atomic E-state index is 0.0744. The summed E-state index contributed by atoms with van der Waals surface area (Å²) in [6, 6.07) is 10.7. The summed E-state index contributed by atoms with van der Waals surface area (Å²) in [5.74, 6) is 0.804. The first kappa shape index (κ1) is 11.7. The molecule has 3 nitrogen and oxygen atoms in total. The van der Waals surface area contributed by atoms with Crippen LogP contribution in [0.25, 0.3) is 0 Å². The molecule has 1 amide bonds. The smallest absolute Gasteiger partial charge is 0.226 e. The number of carbonyl (C=O) groups excluding carboxylic acids is 1. The summed E-state index contributed by atoms with van der Waals surface area (Å²) in [7, 11) is 0. The summed E-state index contributed by atoms with van der Waals surface area (Å²) < 4.78 is 0. The minimum Gasteiger partial charge on any atom is -0.395 e. The van der Waals surface area contributed by atoms with Crippen molar-refractivity contribution in [2.45, 2.75) is 31.2 Å². The molecule has 2 atom stereocenters. The Bertz CT molecular complexity index is 427. The second-order valence-corrected chi connectivity index (χ2v) is 5.35. The van der Waals surface area contributed by atoms with Crippen molar-refractivity contribution in [2.24, 2.45) is 5.92 Å². The molecule has 0 bridgehead atoms. The number of carbonyl (C=O) groups is 1. The van der Waals surface area contributed by atoms with Gasteiger partial charge in [-0.2, -0.15) is 0 Å². The van der Waals surface area contributed by atoms with E-state index in [-0.39, 0.29) is 18.4 Å². The van der Waals surface area contributed by atoms with Gasteiger partial charge in [-0.1, -0.05) is 30.3 Å². The second kappa shape index (κ2) is 4.73. The fraction of sp³-hybridized carbons (Fsp3) is 0.533. The van der Waals surface area contributed by atoms with E-state index in [1.54, 1.807) is 0 Å². The number of benzene rings is 1. The lowest BCUT2D eigenvalue weighted by Gasteiger charge is -2.21. The van der Waals surface area contributed by atoms with E-state index in [9.17, 15) is 4.79 Å². The summed E-state index contributed by atoms with van der Waals surface area (Å²) in [5, 5.41) is 9.05. The van der Waals surface area contributed by atoms with Gasteiger partial charge in [0.15, 0.2) is 0 Å². The fourth-order valence-electron chi connectivity index (χ4n) is 2.72. The van der Waals surface area contributed by atoms with Crippen LogP contribution in [0.15, 0.2) is 30.3 Å². The number of nitrogens with zero attached hydrogens (tertiary/aromatic N) is 1. The van der Waals surface area contributed by atoms with E-state index < -0.39 is 0 Å². The van der Waals surface area contributed by atoms with Gasteiger partial charge in [-0.25, -0.2) is 0 Å². The maximum Gasteiger partial charge on any atom is 0.226 e. The zero-order valence-electron chi connectivity index (χ0n) is 10.5. The van der Waals surface area contributed by atoms with Crippen molar-refractivity contribution < 1.29 is 9.90 Å². The maximum atomic E-state index is 12.4. The summed E-state index contributed by atoms with van der Waals surface area (Å²) >= 11 is 0. The van der Waals surface area contributed by atoms with Crippen molar-refractivity contribution >= 4 is 5.91 Å². The zero-order chi connectivity index (χ0) is 12.5. The summed E-state index contributed by atoms with van der Waals surface area (Å²) in [6.07, 6.45) is 3.18. The quantitative estimate of drug-likeness (QED) is 0.859. The summed E-state index contributed by atoms with van der Waals surface area (Å²) in [6.45, 7) is 0.576. The third kappa shape index (κ3) is 2.27. The SMILES string of the molecule is O=C(C1CC1c1ccccc1)N(CCO)C1CC1. The van der Waals surface area contributed by atoms with Gasteiger partial charge in [-0.15, -0.1) is 0 Å². The Kier molecular flexibility index (Phi) is 3.08. The molecule has 0 aliphatic heterocycles. The molecule has 96 valence electrons. The van der Waals surface area contributed by atoms with Crippen LogP contribution in [0.3, 0.4) is 0 Å². The number of amides is 1. The molecule has 3 rings (SSSR count). The second-order valence-electron chi connectivity index (χ2n) is 5.35. The molecule has 18 heavy (non-hydrogen) atoms. The Morgan fingerprint density at radius 1 is 1.28 bits per heavy atom. The lowest BCUT2D eigenvalue weighted by Crippen LogP contribution is -2.36. The molecule has 2 unspecified atom stereocenters. The molecule has 2 aliphatic rings. The van der Waals surface area contributed by atoms with Crippen molar-refractivity contribution in [3.05, 3.63) is 35.9 Å². The summed E-state index contributed by atoms with van der Waals surface area (Å²) in [5.41, 5.74) is 1.27. The molecule has 0 radical (unpaired) electrons. The number of rotatable bonds is 5. The first-order valence-electron chi connectivity index (χ1n) is 6.77. The van der Waals surface area contributed by atoms with Crippen LogP contribution in [0.4, 0.5) is 0 Å². The van der Waals surface area contributed by atoms with E-state index in [2.05, 4.69) is 12.1 Å². The molecule has 1 aromatic rings. The van der Waals surface area contributed by atoms with E-state index in [4.69, 9.17) is 5.11 Å². The largest absolute Gasteiger partial charge is 0.395 e. The Hall–Kier alpha value is -1.35. The van der Waals surface area contributed by atoms with Crippen LogP contribution < -0.4 is 0 Å². The Balaban J connectivity index is 1.64. The van der Waals surface area contributed by atoms with Crippen LogP contribution in [0.2, 0.25) is 0 Å². The van der Waals surface area contributed by atoms with Gasteiger partial charge >= 0.3 is 0 Å². The normalized spacial score (nSPS) is 25.8. The van der Waals surface area contributed by atoms with Crippen LogP contribution in [0.1, 0.15) is 30.7 Å². The van der Waals surface area contributed by atoms with Crippen molar-refractivity contribution in [1.82, 2.24) is 4.90 Å². The predicted molar refractivity (Wildman–Crippen MR) is 69.1 cm³/mol. The first-order valence-corrected chi connectivity index (χ1v) is 6.77. The summed E-state index contributed by atoms with van der Waals surface area (Å²) in [4.78, 5) is 14.3. The highest BCUT2D eigenvalue weighted by Gasteiger charge is 2.47. The Labute approximate surface area is 107 Å². The van der Waals surface area contributed by atoms with Gasteiger partial charge in [0.1, 0.15) is 0 Å². The van der Waals surface area contributed by atoms with Gasteiger partial charge in [0.2, 0.25) is 5.91 Å². The highest BCUT2D eigenvalue weighted by Crippen LogP contribution is 2.49. The van der Waals surface area contributed by atoms with Gasteiger partial charge in [0, 0.05) is 18.5 Å². The number of hydrogen-bond donors (Lipinski definition) is 1. The molecule has 0 aromatic heterocycles. The van der Waals surface area contributed by atoms with Crippen molar-refractivity contribution in [1.29, 1.82) is 0 Å². The highest BCUT2D eigenvalue weighted by molar-refractivity contribution is 5.83. The van der Waals surface area contributed by atoms with E-state index in [0.717, 1.165) is 19.3 Å². The van der Waals surface area contributed by atoms with Crippen LogP contribution in [0, 0.1) is 5.92 Å². The molecule has 1 aromatic carbocycles. The van der Waals surface area contributed by atoms with Gasteiger partial charge in [-0.3, -0.25) is 4.79 Å². The third-order valence-electron chi connectivity index (χ3n) is 3.95. The standard InChI is InChI=1S/C15H19NO2/c17-9-8-16(12-6-7-12)15(18)14-10-13(14)11-4-2-1-3-5-11/h1-5,12-14,17H,6-10H2. The fourth-order valence-corrected chi connectivity index (χ4v) is 2.72. The van der Waals surface area contributed by atoms with Crippen LogP contribution >= 0.6 is 0 Å². The first-order chi connectivity index (χ1) is 8.81. The molecule has 2 fully saturated rings. The third-order valence-corrected chi connectivity index (χ3v) is 3.95. The van der Waals surface area contributed by atoms with Gasteiger partial charge in [0.25, 0.3) is 0 Å². The zero-order valence-corrected chi connectivity index (χ0v) is 10.5. The molecule has 3 heteroatoms. The number of aliphatic hydroxyl groups is 1. The molecule has 2 saturated carbocycles. The number of hydrogen-bond acceptors (Lipinski definition) is 2. The molecular weight excluding hydrogens is 226 g/mol. The van der Waals surface area contributed by atoms with Crippen LogP contribution in [-0.4, -0.2) is 35.1 Å². The van der Waals surface area contributed by atoms with E-state index in [0.29, 0.717) is 18.5 Å². The van der Waals surface area contributed by atoms with E-state index in [1.165, 1.54) is 5.56 Å². The van der Waals surface area contributed by atoms with Gasteiger partial charge in [0.05, 0.1) is 6.61 Å². The van der Waals surface area contributed by atoms with E-state index in [1.807, 2.05) is 23.1 Å². The minimum atomic E-state index is 0.0744. The maximum absolute atomic E-state index is 12.4. The Morgan fingerprint density at radius 3 is 2.61 bits per heavy atom. The van der Waals surface area contributed by atoms with Crippen molar-refractivity contribution in [3.8, 4) is 0 Å². The molecule has 2 aliphatic carbocycles. The molecule has 0 saturated heterocycles. The Morgan fingerprint density at radius 2 is 2.00 bits per heavy atom. The molecule has 1 N–H and O–H groups in total. The molecular formula is C15H19NO2. The highest BCUT2D eigenvalue weighted by atomic mass is 16.3.